The molecular formula is C28H34N4O5. The molecule has 5 rings (SSSR count). The Hall–Kier alpha value is -3.59. The van der Waals surface area contributed by atoms with Gasteiger partial charge in [0.1, 0.15) is 22.7 Å². The molecule has 0 aliphatic carbocycles. The summed E-state index contributed by atoms with van der Waals surface area (Å²) in [4.78, 5) is 28.1. The maximum absolute atomic E-state index is 13.6. The summed E-state index contributed by atoms with van der Waals surface area (Å²) >= 11 is 0. The maximum atomic E-state index is 13.6. The van der Waals surface area contributed by atoms with Crippen molar-refractivity contribution in [3.8, 4) is 11.5 Å². The Bertz CT molecular complexity index is 1270. The molecule has 1 saturated heterocycles. The van der Waals surface area contributed by atoms with Gasteiger partial charge in [-0.05, 0) is 58.9 Å². The Balaban J connectivity index is 1.46. The van der Waals surface area contributed by atoms with Gasteiger partial charge in [0.2, 0.25) is 5.91 Å². The summed E-state index contributed by atoms with van der Waals surface area (Å²) in [5, 5.41) is 26.1. The standard InChI is InChI=1S/C28H34N4O5/c1-26(2)15-22(33)32(25(29)31-26)19-12-13-36-20-11-10-16(14-18(19)20)24(34)30-23-17-8-6-7-9-21(17)37-27(3,4)28(23,5)35/h6-11,14,19,23,35H,12-13,15H2,1-5H3,(H2,29,31)(H,30,34)/t19-,23+,28-/m1/s1. The number of nitrogens with zero attached hydrogens (tertiary/aromatic N) is 1. The smallest absolute Gasteiger partial charge is 0.251 e. The van der Waals surface area contributed by atoms with E-state index in [1.807, 2.05) is 38.1 Å². The summed E-state index contributed by atoms with van der Waals surface area (Å²) in [6, 6.07) is 11.3. The number of carbonyl (C=O) groups excluding carboxylic acids is 2. The Morgan fingerprint density at radius 3 is 2.57 bits per heavy atom. The summed E-state index contributed by atoms with van der Waals surface area (Å²) in [7, 11) is 0. The molecule has 3 atom stereocenters. The summed E-state index contributed by atoms with van der Waals surface area (Å²) in [6.07, 6.45) is 0.765. The number of benzene rings is 2. The van der Waals surface area contributed by atoms with Crippen molar-refractivity contribution in [1.29, 1.82) is 5.41 Å². The average Bonchev–Trinajstić information content (AvgIpc) is 2.80. The Kier molecular flexibility index (Phi) is 5.75. The van der Waals surface area contributed by atoms with E-state index in [0.717, 1.165) is 0 Å². The van der Waals surface area contributed by atoms with Gasteiger partial charge in [0.25, 0.3) is 5.91 Å². The largest absolute Gasteiger partial charge is 0.493 e. The maximum Gasteiger partial charge on any atom is 0.251 e. The van der Waals surface area contributed by atoms with E-state index in [9.17, 15) is 14.7 Å². The molecule has 2 aromatic carbocycles. The van der Waals surface area contributed by atoms with E-state index in [2.05, 4.69) is 10.6 Å². The first kappa shape index (κ1) is 25.1. The number of ether oxygens (including phenoxy) is 2. The lowest BCUT2D eigenvalue weighted by Crippen LogP contribution is -2.62. The fourth-order valence-corrected chi connectivity index (χ4v) is 5.40. The molecule has 3 heterocycles. The second-order valence-corrected chi connectivity index (χ2v) is 11.4. The van der Waals surface area contributed by atoms with Crippen molar-refractivity contribution in [2.24, 2.45) is 0 Å². The van der Waals surface area contributed by atoms with Crippen LogP contribution in [0.15, 0.2) is 42.5 Å². The fourth-order valence-electron chi connectivity index (χ4n) is 5.40. The zero-order valence-corrected chi connectivity index (χ0v) is 21.8. The first-order valence-corrected chi connectivity index (χ1v) is 12.6. The van der Waals surface area contributed by atoms with Crippen molar-refractivity contribution in [2.75, 3.05) is 6.61 Å². The number of guanidine groups is 1. The van der Waals surface area contributed by atoms with Gasteiger partial charge in [0.15, 0.2) is 5.96 Å². The minimum atomic E-state index is -1.40. The van der Waals surface area contributed by atoms with Gasteiger partial charge in [-0.1, -0.05) is 18.2 Å². The number of amides is 2. The monoisotopic (exact) mass is 506 g/mol. The molecule has 2 amide bonds. The van der Waals surface area contributed by atoms with Crippen LogP contribution in [0.4, 0.5) is 0 Å². The third-order valence-corrected chi connectivity index (χ3v) is 7.80. The van der Waals surface area contributed by atoms with Crippen LogP contribution < -0.4 is 20.1 Å². The third kappa shape index (κ3) is 4.21. The van der Waals surface area contributed by atoms with Crippen LogP contribution in [-0.2, 0) is 4.79 Å². The molecule has 0 aromatic heterocycles. The number of aliphatic hydroxyl groups is 1. The van der Waals surface area contributed by atoms with Gasteiger partial charge in [0.05, 0.1) is 18.7 Å². The number of carbonyl (C=O) groups is 2. The second kappa shape index (κ2) is 8.48. The van der Waals surface area contributed by atoms with E-state index in [4.69, 9.17) is 14.9 Å². The molecule has 0 saturated carbocycles. The molecule has 0 bridgehead atoms. The van der Waals surface area contributed by atoms with E-state index in [-0.39, 0.29) is 24.2 Å². The zero-order valence-electron chi connectivity index (χ0n) is 21.8. The fraction of sp³-hybridized carbons (Fsp3) is 0.464. The molecule has 196 valence electrons. The third-order valence-electron chi connectivity index (χ3n) is 7.80. The number of fused-ring (bicyclic) bond motifs is 2. The number of hydrogen-bond acceptors (Lipinski definition) is 6. The highest BCUT2D eigenvalue weighted by Gasteiger charge is 2.53. The van der Waals surface area contributed by atoms with Gasteiger partial charge in [-0.3, -0.25) is 19.9 Å². The minimum absolute atomic E-state index is 0.0473. The van der Waals surface area contributed by atoms with Crippen molar-refractivity contribution < 1.29 is 24.2 Å². The van der Waals surface area contributed by atoms with Crippen LogP contribution in [0.25, 0.3) is 0 Å². The lowest BCUT2D eigenvalue weighted by atomic mass is 9.75. The van der Waals surface area contributed by atoms with Gasteiger partial charge in [0, 0.05) is 35.1 Å². The quantitative estimate of drug-likeness (QED) is 0.506. The molecule has 2 aromatic rings. The predicted molar refractivity (Wildman–Crippen MR) is 138 cm³/mol. The zero-order chi connectivity index (χ0) is 26.8. The van der Waals surface area contributed by atoms with Gasteiger partial charge < -0.3 is 25.2 Å². The van der Waals surface area contributed by atoms with E-state index in [0.29, 0.717) is 41.2 Å². The average molecular weight is 507 g/mol. The molecule has 3 aliphatic heterocycles. The lowest BCUT2D eigenvalue weighted by Gasteiger charge is -2.49. The lowest BCUT2D eigenvalue weighted by molar-refractivity contribution is -0.137. The van der Waals surface area contributed by atoms with Crippen molar-refractivity contribution in [3.05, 3.63) is 59.2 Å². The highest BCUT2D eigenvalue weighted by atomic mass is 16.5. The van der Waals surface area contributed by atoms with Crippen LogP contribution in [0.1, 0.15) is 81.0 Å². The summed E-state index contributed by atoms with van der Waals surface area (Å²) in [6.45, 7) is 9.43. The molecule has 0 spiro atoms. The van der Waals surface area contributed by atoms with E-state index in [1.54, 1.807) is 39.0 Å². The summed E-state index contributed by atoms with van der Waals surface area (Å²) in [5.74, 6) is 0.734. The number of para-hydroxylation sites is 1. The topological polar surface area (TPSA) is 124 Å². The first-order valence-electron chi connectivity index (χ1n) is 12.6. The Labute approximate surface area is 216 Å². The van der Waals surface area contributed by atoms with Crippen molar-refractivity contribution in [1.82, 2.24) is 15.5 Å². The van der Waals surface area contributed by atoms with Crippen molar-refractivity contribution >= 4 is 17.8 Å². The number of rotatable bonds is 3. The van der Waals surface area contributed by atoms with E-state index in [1.165, 1.54) is 4.90 Å². The van der Waals surface area contributed by atoms with Gasteiger partial charge >= 0.3 is 0 Å². The molecule has 0 radical (unpaired) electrons. The molecule has 1 fully saturated rings. The Morgan fingerprint density at radius 2 is 1.84 bits per heavy atom. The number of hydrogen-bond donors (Lipinski definition) is 4. The molecule has 9 nitrogen and oxygen atoms in total. The highest BCUT2D eigenvalue weighted by molar-refractivity contribution is 6.00. The van der Waals surface area contributed by atoms with E-state index < -0.39 is 28.8 Å². The van der Waals surface area contributed by atoms with Crippen LogP contribution in [-0.4, -0.2) is 51.1 Å². The molecular weight excluding hydrogens is 472 g/mol. The molecule has 9 heteroatoms. The SMILES string of the molecule is CC1(C)CC(=O)N([C@@H]2CCOc3ccc(C(=O)N[C@H]4c5ccccc5OC(C)(C)[C@]4(C)O)cc32)C(=N)N1. The Morgan fingerprint density at radius 1 is 1.11 bits per heavy atom. The minimum Gasteiger partial charge on any atom is -0.493 e. The van der Waals surface area contributed by atoms with Crippen LogP contribution in [0.3, 0.4) is 0 Å². The molecule has 4 N–H and O–H groups in total. The van der Waals surface area contributed by atoms with Crippen LogP contribution in [0.2, 0.25) is 0 Å². The predicted octanol–water partition coefficient (Wildman–Crippen LogP) is 3.44. The van der Waals surface area contributed by atoms with Crippen LogP contribution in [0.5, 0.6) is 11.5 Å². The van der Waals surface area contributed by atoms with Gasteiger partial charge in [-0.2, -0.15) is 0 Å². The second-order valence-electron chi connectivity index (χ2n) is 11.4. The van der Waals surface area contributed by atoms with Gasteiger partial charge in [-0.25, -0.2) is 0 Å². The van der Waals surface area contributed by atoms with Crippen molar-refractivity contribution in [3.63, 3.8) is 0 Å². The van der Waals surface area contributed by atoms with Gasteiger partial charge in [-0.15, -0.1) is 0 Å². The molecule has 37 heavy (non-hydrogen) atoms. The van der Waals surface area contributed by atoms with E-state index >= 15 is 0 Å². The summed E-state index contributed by atoms with van der Waals surface area (Å²) in [5.41, 5.74) is -1.10. The van der Waals surface area contributed by atoms with Crippen molar-refractivity contribution in [2.45, 2.75) is 76.3 Å². The first-order chi connectivity index (χ1) is 17.3. The molecule has 3 aliphatic rings. The summed E-state index contributed by atoms with van der Waals surface area (Å²) < 4.78 is 11.9. The van der Waals surface area contributed by atoms with Crippen LogP contribution in [0, 0.1) is 5.41 Å². The highest BCUT2D eigenvalue weighted by Crippen LogP contribution is 2.46. The van der Waals surface area contributed by atoms with Crippen LogP contribution >= 0.6 is 0 Å². The molecule has 0 unspecified atom stereocenters. The normalized spacial score (nSPS) is 27.7. The number of nitrogens with one attached hydrogen (secondary N) is 3.